The fourth-order valence-electron chi connectivity index (χ4n) is 3.43. The lowest BCUT2D eigenvalue weighted by Gasteiger charge is -2.33. The predicted octanol–water partition coefficient (Wildman–Crippen LogP) is 3.11. The molecule has 0 unspecified atom stereocenters. The van der Waals surface area contributed by atoms with Gasteiger partial charge in [-0.05, 0) is 64.0 Å². The number of nitrogens with zero attached hydrogens (tertiary/aromatic N) is 4. The molecule has 0 amide bonds. The van der Waals surface area contributed by atoms with Crippen LogP contribution < -0.4 is 10.6 Å². The highest BCUT2D eigenvalue weighted by Gasteiger charge is 2.25. The maximum Gasteiger partial charge on any atom is 0.335 e. The van der Waals surface area contributed by atoms with Gasteiger partial charge in [0.15, 0.2) is 0 Å². The normalized spacial score (nSPS) is 19.0. The molecule has 29 heavy (non-hydrogen) atoms. The third kappa shape index (κ3) is 5.17. The highest BCUT2D eigenvalue weighted by molar-refractivity contribution is 5.88. The van der Waals surface area contributed by atoms with Crippen LogP contribution in [0, 0.1) is 10.1 Å². The van der Waals surface area contributed by atoms with Crippen LogP contribution in [0.5, 0.6) is 0 Å². The van der Waals surface area contributed by atoms with E-state index >= 15 is 0 Å². The second-order valence-electron chi connectivity index (χ2n) is 7.31. The van der Waals surface area contributed by atoms with E-state index in [1.54, 1.807) is 12.1 Å². The summed E-state index contributed by atoms with van der Waals surface area (Å²) in [6.07, 6.45) is 5.02. The van der Waals surface area contributed by atoms with Crippen LogP contribution >= 0.6 is 0 Å². The first-order chi connectivity index (χ1) is 13.8. The highest BCUT2D eigenvalue weighted by atomic mass is 16.6. The second kappa shape index (κ2) is 8.82. The molecule has 0 radical (unpaired) electrons. The Bertz CT molecular complexity index is 879. The molecule has 10 nitrogen and oxygen atoms in total. The second-order valence-corrected chi connectivity index (χ2v) is 7.31. The fraction of sp³-hybridized carbons (Fsp3) is 0.421. The lowest BCUT2D eigenvalue weighted by atomic mass is 9.90. The van der Waals surface area contributed by atoms with Crippen molar-refractivity contribution < 1.29 is 14.8 Å². The number of benzene rings is 1. The van der Waals surface area contributed by atoms with Crippen molar-refractivity contribution in [2.45, 2.75) is 37.8 Å². The van der Waals surface area contributed by atoms with Crippen LogP contribution in [0.3, 0.4) is 0 Å². The van der Waals surface area contributed by atoms with E-state index < -0.39 is 10.9 Å². The van der Waals surface area contributed by atoms with Crippen LogP contribution in [0.4, 0.5) is 23.1 Å². The lowest BCUT2D eigenvalue weighted by Crippen LogP contribution is -2.36. The molecule has 1 saturated carbocycles. The molecule has 3 rings (SSSR count). The molecule has 1 fully saturated rings. The Balaban J connectivity index is 1.74. The number of aromatic nitrogens is 2. The van der Waals surface area contributed by atoms with Crippen molar-refractivity contribution in [2.24, 2.45) is 0 Å². The summed E-state index contributed by atoms with van der Waals surface area (Å²) in [6, 6.07) is 6.73. The van der Waals surface area contributed by atoms with Gasteiger partial charge in [-0.3, -0.25) is 10.1 Å². The number of nitro groups is 1. The third-order valence-corrected chi connectivity index (χ3v) is 5.12. The number of carboxylic acid groups (broad SMARTS) is 1. The molecule has 0 saturated heterocycles. The van der Waals surface area contributed by atoms with E-state index in [-0.39, 0.29) is 29.1 Å². The molecule has 1 aliphatic carbocycles. The molecule has 0 atom stereocenters. The van der Waals surface area contributed by atoms with E-state index in [9.17, 15) is 14.9 Å². The fourth-order valence-corrected chi connectivity index (χ4v) is 3.43. The Labute approximate surface area is 168 Å². The predicted molar refractivity (Wildman–Crippen MR) is 109 cm³/mol. The van der Waals surface area contributed by atoms with Crippen LogP contribution in [0.25, 0.3) is 0 Å². The Hall–Kier alpha value is -3.27. The number of carbonyl (C=O) groups is 1. The average Bonchev–Trinajstić information content (AvgIpc) is 2.69. The number of hydrogen-bond donors (Lipinski definition) is 3. The minimum Gasteiger partial charge on any atom is -0.478 e. The van der Waals surface area contributed by atoms with Gasteiger partial charge >= 0.3 is 11.7 Å². The molecule has 3 N–H and O–H groups in total. The molecule has 10 heteroatoms. The van der Waals surface area contributed by atoms with Gasteiger partial charge in [0, 0.05) is 17.8 Å². The van der Waals surface area contributed by atoms with Crippen LogP contribution in [0.2, 0.25) is 0 Å². The Morgan fingerprint density at radius 2 is 1.86 bits per heavy atom. The minimum atomic E-state index is -1.02. The summed E-state index contributed by atoms with van der Waals surface area (Å²) in [5.41, 5.74) is 0.573. The maximum absolute atomic E-state index is 11.4. The van der Waals surface area contributed by atoms with Gasteiger partial charge in [-0.1, -0.05) is 0 Å². The number of aromatic carboxylic acids is 1. The summed E-state index contributed by atoms with van der Waals surface area (Å²) in [7, 11) is 4.13. The highest BCUT2D eigenvalue weighted by Crippen LogP contribution is 2.29. The van der Waals surface area contributed by atoms with E-state index in [1.807, 2.05) is 0 Å². The number of anilines is 3. The number of rotatable bonds is 7. The van der Waals surface area contributed by atoms with Crippen molar-refractivity contribution in [1.82, 2.24) is 14.9 Å². The molecule has 1 aliphatic rings. The third-order valence-electron chi connectivity index (χ3n) is 5.12. The molecule has 0 aliphatic heterocycles. The Morgan fingerprint density at radius 1 is 1.21 bits per heavy atom. The van der Waals surface area contributed by atoms with Crippen LogP contribution in [-0.2, 0) is 0 Å². The summed E-state index contributed by atoms with van der Waals surface area (Å²) in [5, 5.41) is 26.5. The van der Waals surface area contributed by atoms with Gasteiger partial charge < -0.3 is 20.6 Å². The van der Waals surface area contributed by atoms with Gasteiger partial charge in [-0.2, -0.15) is 4.98 Å². The standard InChI is InChI=1S/C19H24N6O4/c1-24(2)15-9-7-13(8-10-15)21-17-16(25(28)29)11-20-19(23-17)22-14-5-3-12(4-6-14)18(26)27/h3-6,11,13,15H,7-10H2,1-2H3,(H,26,27)(H2,20,21,22,23). The molecular weight excluding hydrogens is 376 g/mol. The first-order valence-electron chi connectivity index (χ1n) is 9.38. The number of carboxylic acids is 1. The van der Waals surface area contributed by atoms with Crippen molar-refractivity contribution in [3.8, 4) is 0 Å². The zero-order valence-electron chi connectivity index (χ0n) is 16.3. The Morgan fingerprint density at radius 3 is 2.41 bits per heavy atom. The average molecular weight is 400 g/mol. The molecule has 1 heterocycles. The molecule has 1 aromatic carbocycles. The smallest absolute Gasteiger partial charge is 0.335 e. The topological polar surface area (TPSA) is 134 Å². The molecule has 154 valence electrons. The van der Waals surface area contributed by atoms with Crippen molar-refractivity contribution in [2.75, 3.05) is 24.7 Å². The SMILES string of the molecule is CN(C)C1CCC(Nc2nc(Nc3ccc(C(=O)O)cc3)ncc2[N+](=O)[O-])CC1. The van der Waals surface area contributed by atoms with Gasteiger partial charge in [0.05, 0.1) is 10.5 Å². The monoisotopic (exact) mass is 400 g/mol. The minimum absolute atomic E-state index is 0.113. The van der Waals surface area contributed by atoms with E-state index in [0.717, 1.165) is 25.7 Å². The molecular formula is C19H24N6O4. The van der Waals surface area contributed by atoms with Crippen molar-refractivity contribution >= 4 is 29.1 Å². The largest absolute Gasteiger partial charge is 0.478 e. The molecule has 1 aromatic heterocycles. The maximum atomic E-state index is 11.4. The quantitative estimate of drug-likeness (QED) is 0.473. The van der Waals surface area contributed by atoms with Gasteiger partial charge in [0.2, 0.25) is 11.8 Å². The zero-order valence-corrected chi connectivity index (χ0v) is 16.3. The van der Waals surface area contributed by atoms with Crippen LogP contribution in [-0.4, -0.2) is 57.0 Å². The van der Waals surface area contributed by atoms with Crippen LogP contribution in [0.1, 0.15) is 36.0 Å². The van der Waals surface area contributed by atoms with E-state index in [2.05, 4.69) is 39.6 Å². The summed E-state index contributed by atoms with van der Waals surface area (Å²) < 4.78 is 0. The Kier molecular flexibility index (Phi) is 6.23. The molecule has 0 spiro atoms. The lowest BCUT2D eigenvalue weighted by molar-refractivity contribution is -0.384. The van der Waals surface area contributed by atoms with Crippen molar-refractivity contribution in [3.05, 3.63) is 46.1 Å². The van der Waals surface area contributed by atoms with Gasteiger partial charge in [-0.15, -0.1) is 0 Å². The number of nitrogens with one attached hydrogen (secondary N) is 2. The molecule has 2 aromatic rings. The van der Waals surface area contributed by atoms with E-state index in [0.29, 0.717) is 11.7 Å². The molecule has 0 bridgehead atoms. The van der Waals surface area contributed by atoms with Crippen LogP contribution in [0.15, 0.2) is 30.5 Å². The van der Waals surface area contributed by atoms with Gasteiger partial charge in [0.1, 0.15) is 6.20 Å². The van der Waals surface area contributed by atoms with E-state index in [4.69, 9.17) is 5.11 Å². The summed E-state index contributed by atoms with van der Waals surface area (Å²) >= 11 is 0. The van der Waals surface area contributed by atoms with Crippen molar-refractivity contribution in [3.63, 3.8) is 0 Å². The zero-order chi connectivity index (χ0) is 21.0. The summed E-state index contributed by atoms with van der Waals surface area (Å²) in [4.78, 5) is 32.3. The van der Waals surface area contributed by atoms with Gasteiger partial charge in [-0.25, -0.2) is 9.78 Å². The number of hydrogen-bond acceptors (Lipinski definition) is 8. The first kappa shape index (κ1) is 20.5. The summed E-state index contributed by atoms with van der Waals surface area (Å²) in [6.45, 7) is 0. The summed E-state index contributed by atoms with van der Waals surface area (Å²) in [5.74, 6) is -0.635. The van der Waals surface area contributed by atoms with Gasteiger partial charge in [0.25, 0.3) is 0 Å². The van der Waals surface area contributed by atoms with Crippen molar-refractivity contribution in [1.29, 1.82) is 0 Å². The van der Waals surface area contributed by atoms with E-state index in [1.165, 1.54) is 18.3 Å². The first-order valence-corrected chi connectivity index (χ1v) is 9.38.